The minimum Gasteiger partial charge on any atom is -0.354 e. The summed E-state index contributed by atoms with van der Waals surface area (Å²) in [4.78, 5) is 10.7. The van der Waals surface area contributed by atoms with Crippen molar-refractivity contribution in [1.82, 2.24) is 4.57 Å². The van der Waals surface area contributed by atoms with Crippen LogP contribution in [0.1, 0.15) is 13.3 Å². The summed E-state index contributed by atoms with van der Waals surface area (Å²) in [5.74, 6) is 0. The van der Waals surface area contributed by atoms with E-state index in [0.29, 0.717) is 0 Å². The fraction of sp³-hybridized carbons (Fsp3) is 0.300. The van der Waals surface area contributed by atoms with Gasteiger partial charge in [-0.05, 0) is 13.3 Å². The van der Waals surface area contributed by atoms with Crippen molar-refractivity contribution in [2.45, 2.75) is 19.9 Å². The molecule has 0 spiro atoms. The highest BCUT2D eigenvalue weighted by atomic mass is 16.1. The van der Waals surface area contributed by atoms with Crippen molar-refractivity contribution in [2.24, 2.45) is 0 Å². The smallest absolute Gasteiger partial charge is 0.181 e. The Morgan fingerprint density at radius 1 is 1.50 bits per heavy atom. The van der Waals surface area contributed by atoms with Gasteiger partial charge in [0.05, 0.1) is 0 Å². The number of aromatic nitrogens is 1. The summed E-state index contributed by atoms with van der Waals surface area (Å²) < 4.78 is 1.98. The Morgan fingerprint density at radius 3 is 2.58 bits per heavy atom. The summed E-state index contributed by atoms with van der Waals surface area (Å²) in [5, 5.41) is 0. The molecule has 1 rings (SSSR count). The van der Waals surface area contributed by atoms with Crippen LogP contribution in [0.3, 0.4) is 0 Å². The molecule has 0 aliphatic carbocycles. The van der Waals surface area contributed by atoms with Crippen LogP contribution >= 0.6 is 0 Å². The van der Waals surface area contributed by atoms with Gasteiger partial charge < -0.3 is 4.57 Å². The molecule has 0 aromatic carbocycles. The molecule has 2 nitrogen and oxygen atoms in total. The molecule has 0 amide bonds. The second kappa shape index (κ2) is 3.90. The second-order valence-corrected chi connectivity index (χ2v) is 2.98. The molecule has 0 saturated heterocycles. The Kier molecular flexibility index (Phi) is 2.86. The highest BCUT2D eigenvalue weighted by Gasteiger charge is 1.89. The lowest BCUT2D eigenvalue weighted by molar-refractivity contribution is 0.687. The topological polar surface area (TPSA) is 22.0 Å². The van der Waals surface area contributed by atoms with Gasteiger partial charge in [0.25, 0.3) is 0 Å². The number of rotatable bonds is 3. The number of aryl methyl sites for hydroxylation is 1. The fourth-order valence-corrected chi connectivity index (χ4v) is 0.913. The van der Waals surface area contributed by atoms with Crippen LogP contribution in [0.25, 0.3) is 0 Å². The van der Waals surface area contributed by atoms with Gasteiger partial charge in [-0.3, -0.25) is 4.79 Å². The molecule has 0 unspecified atom stereocenters. The summed E-state index contributed by atoms with van der Waals surface area (Å²) in [6.45, 7) is 6.71. The van der Waals surface area contributed by atoms with Gasteiger partial charge in [0.2, 0.25) is 0 Å². The van der Waals surface area contributed by atoms with Crippen molar-refractivity contribution >= 4 is 0 Å². The van der Waals surface area contributed by atoms with Gasteiger partial charge in [0.15, 0.2) is 5.43 Å². The van der Waals surface area contributed by atoms with Crippen molar-refractivity contribution in [1.29, 1.82) is 0 Å². The first kappa shape index (κ1) is 8.78. The average molecular weight is 163 g/mol. The SMILES string of the molecule is C=C(C)CCn1ccc(=O)cc1. The minimum absolute atomic E-state index is 0.0570. The van der Waals surface area contributed by atoms with Gasteiger partial charge in [-0.15, -0.1) is 6.58 Å². The molecule has 0 aliphatic heterocycles. The van der Waals surface area contributed by atoms with E-state index in [1.165, 1.54) is 0 Å². The predicted octanol–water partition coefficient (Wildman–Crippen LogP) is 1.81. The van der Waals surface area contributed by atoms with Crippen LogP contribution in [-0.2, 0) is 6.54 Å². The highest BCUT2D eigenvalue weighted by Crippen LogP contribution is 1.97. The quantitative estimate of drug-likeness (QED) is 0.623. The standard InChI is InChI=1S/C10H13NO/c1-9(2)3-6-11-7-4-10(12)5-8-11/h4-5,7-8H,1,3,6H2,2H3. The maximum Gasteiger partial charge on any atom is 0.181 e. The molecule has 0 saturated carbocycles. The van der Waals surface area contributed by atoms with Gasteiger partial charge in [0.1, 0.15) is 0 Å². The molecule has 2 heteroatoms. The lowest BCUT2D eigenvalue weighted by atomic mass is 10.2. The zero-order chi connectivity index (χ0) is 8.97. The number of hydrogen-bond donors (Lipinski definition) is 0. The first-order valence-corrected chi connectivity index (χ1v) is 3.99. The number of nitrogens with zero attached hydrogens (tertiary/aromatic N) is 1. The van der Waals surface area contributed by atoms with Crippen LogP contribution in [0, 0.1) is 0 Å². The molecule has 12 heavy (non-hydrogen) atoms. The van der Waals surface area contributed by atoms with E-state index in [1.807, 2.05) is 11.5 Å². The Morgan fingerprint density at radius 2 is 2.08 bits per heavy atom. The molecule has 64 valence electrons. The lowest BCUT2D eigenvalue weighted by Crippen LogP contribution is -2.03. The largest absolute Gasteiger partial charge is 0.354 e. The predicted molar refractivity (Wildman–Crippen MR) is 50.1 cm³/mol. The molecule has 0 atom stereocenters. The molecule has 1 aromatic heterocycles. The average Bonchev–Trinajstić information content (AvgIpc) is 2.03. The van der Waals surface area contributed by atoms with Gasteiger partial charge in [-0.25, -0.2) is 0 Å². The van der Waals surface area contributed by atoms with E-state index in [0.717, 1.165) is 18.5 Å². The molecule has 0 N–H and O–H groups in total. The number of pyridine rings is 1. The summed E-state index contributed by atoms with van der Waals surface area (Å²) >= 11 is 0. The summed E-state index contributed by atoms with van der Waals surface area (Å²) in [6, 6.07) is 3.14. The zero-order valence-corrected chi connectivity index (χ0v) is 7.29. The minimum atomic E-state index is 0.0570. The first-order chi connectivity index (χ1) is 5.68. The maximum atomic E-state index is 10.7. The van der Waals surface area contributed by atoms with Crippen molar-refractivity contribution in [3.8, 4) is 0 Å². The van der Waals surface area contributed by atoms with Crippen molar-refractivity contribution in [3.05, 3.63) is 46.9 Å². The van der Waals surface area contributed by atoms with E-state index in [-0.39, 0.29) is 5.43 Å². The fourth-order valence-electron chi connectivity index (χ4n) is 0.913. The third-order valence-electron chi connectivity index (χ3n) is 1.66. The zero-order valence-electron chi connectivity index (χ0n) is 7.29. The normalized spacial score (nSPS) is 9.75. The first-order valence-electron chi connectivity index (χ1n) is 3.99. The highest BCUT2D eigenvalue weighted by molar-refractivity contribution is 4.95. The van der Waals surface area contributed by atoms with E-state index in [2.05, 4.69) is 6.58 Å². The Balaban J connectivity index is 2.59. The van der Waals surface area contributed by atoms with Gasteiger partial charge in [0, 0.05) is 31.1 Å². The van der Waals surface area contributed by atoms with Crippen LogP contribution in [0.15, 0.2) is 41.5 Å². The van der Waals surface area contributed by atoms with E-state index in [1.54, 1.807) is 24.5 Å². The van der Waals surface area contributed by atoms with Gasteiger partial charge in [-0.2, -0.15) is 0 Å². The molecule has 0 fully saturated rings. The van der Waals surface area contributed by atoms with Gasteiger partial charge >= 0.3 is 0 Å². The van der Waals surface area contributed by atoms with Crippen molar-refractivity contribution in [2.75, 3.05) is 0 Å². The Bertz CT molecular complexity index is 304. The molecule has 0 aliphatic rings. The Labute approximate surface area is 72.2 Å². The maximum absolute atomic E-state index is 10.7. The van der Waals surface area contributed by atoms with E-state index >= 15 is 0 Å². The monoisotopic (exact) mass is 163 g/mol. The summed E-state index contributed by atoms with van der Waals surface area (Å²) in [5.41, 5.74) is 1.22. The van der Waals surface area contributed by atoms with Crippen LogP contribution in [0.2, 0.25) is 0 Å². The van der Waals surface area contributed by atoms with Crippen LogP contribution < -0.4 is 5.43 Å². The van der Waals surface area contributed by atoms with Crippen molar-refractivity contribution in [3.63, 3.8) is 0 Å². The molecular formula is C10H13NO. The van der Waals surface area contributed by atoms with E-state index in [9.17, 15) is 4.79 Å². The lowest BCUT2D eigenvalue weighted by Gasteiger charge is -2.03. The van der Waals surface area contributed by atoms with E-state index < -0.39 is 0 Å². The van der Waals surface area contributed by atoms with E-state index in [4.69, 9.17) is 0 Å². The summed E-state index contributed by atoms with van der Waals surface area (Å²) in [6.07, 6.45) is 4.55. The molecule has 1 aromatic rings. The number of hydrogen-bond acceptors (Lipinski definition) is 1. The van der Waals surface area contributed by atoms with Crippen LogP contribution in [0.5, 0.6) is 0 Å². The molecule has 0 radical (unpaired) electrons. The third kappa shape index (κ3) is 2.74. The Hall–Kier alpha value is -1.31. The van der Waals surface area contributed by atoms with Gasteiger partial charge in [-0.1, -0.05) is 5.57 Å². The summed E-state index contributed by atoms with van der Waals surface area (Å²) in [7, 11) is 0. The van der Waals surface area contributed by atoms with Crippen molar-refractivity contribution < 1.29 is 0 Å². The third-order valence-corrected chi connectivity index (χ3v) is 1.66. The number of allylic oxidation sites excluding steroid dienone is 1. The molecule has 1 heterocycles. The van der Waals surface area contributed by atoms with Crippen LogP contribution in [0.4, 0.5) is 0 Å². The van der Waals surface area contributed by atoms with Crippen LogP contribution in [-0.4, -0.2) is 4.57 Å². The molecule has 0 bridgehead atoms. The second-order valence-electron chi connectivity index (χ2n) is 2.98. The molecular weight excluding hydrogens is 150 g/mol.